The summed E-state index contributed by atoms with van der Waals surface area (Å²) in [6, 6.07) is 13.1. The van der Waals surface area contributed by atoms with E-state index in [1.54, 1.807) is 48.5 Å². The number of carbonyl (C=O) groups excluding carboxylic acids is 2. The Balaban J connectivity index is 2.11. The third-order valence-electron chi connectivity index (χ3n) is 5.05. The van der Waals surface area contributed by atoms with Crippen LogP contribution >= 0.6 is 11.6 Å². The summed E-state index contributed by atoms with van der Waals surface area (Å²) in [5.41, 5.74) is 1.14. The Morgan fingerprint density at radius 1 is 1.17 bits per heavy atom. The molecule has 6 nitrogen and oxygen atoms in total. The van der Waals surface area contributed by atoms with Crippen LogP contribution < -0.4 is 4.74 Å². The molecule has 1 aliphatic rings. The van der Waals surface area contributed by atoms with E-state index < -0.39 is 17.7 Å². The second-order valence-corrected chi connectivity index (χ2v) is 7.87. The lowest BCUT2D eigenvalue weighted by atomic mass is 9.95. The van der Waals surface area contributed by atoms with Crippen LogP contribution in [0.2, 0.25) is 5.02 Å². The average molecular weight is 429 g/mol. The van der Waals surface area contributed by atoms with Gasteiger partial charge in [-0.15, -0.1) is 0 Å². The van der Waals surface area contributed by atoms with Gasteiger partial charge in [0.2, 0.25) is 0 Å². The van der Waals surface area contributed by atoms with Gasteiger partial charge in [0.1, 0.15) is 11.5 Å². The average Bonchev–Trinajstić information content (AvgIpc) is 2.98. The molecule has 2 aromatic carbocycles. The van der Waals surface area contributed by atoms with Gasteiger partial charge in [-0.3, -0.25) is 9.59 Å². The molecule has 3 rings (SSSR count). The summed E-state index contributed by atoms with van der Waals surface area (Å²) in [5, 5.41) is 11.5. The van der Waals surface area contributed by atoms with Crippen LogP contribution in [0.1, 0.15) is 23.6 Å². The predicted molar refractivity (Wildman–Crippen MR) is 117 cm³/mol. The van der Waals surface area contributed by atoms with E-state index in [0.717, 1.165) is 6.54 Å². The molecule has 0 bridgehead atoms. The number of Topliss-reactive ketones (excluding diaryl/α,β-unsaturated/α-hetero) is 1. The summed E-state index contributed by atoms with van der Waals surface area (Å²) < 4.78 is 5.22. The number of hydrogen-bond donors (Lipinski definition) is 1. The van der Waals surface area contributed by atoms with Crippen LogP contribution in [0.25, 0.3) is 5.76 Å². The van der Waals surface area contributed by atoms with Crippen molar-refractivity contribution in [1.82, 2.24) is 9.80 Å². The number of nitrogens with zero attached hydrogens (tertiary/aromatic N) is 2. The zero-order valence-electron chi connectivity index (χ0n) is 17.3. The van der Waals surface area contributed by atoms with E-state index in [0.29, 0.717) is 34.9 Å². The maximum absolute atomic E-state index is 13.0. The summed E-state index contributed by atoms with van der Waals surface area (Å²) in [4.78, 5) is 29.4. The van der Waals surface area contributed by atoms with Gasteiger partial charge >= 0.3 is 0 Å². The second kappa shape index (κ2) is 9.32. The molecule has 2 aromatic rings. The molecule has 30 heavy (non-hydrogen) atoms. The molecule has 1 atom stereocenters. The minimum Gasteiger partial charge on any atom is -0.507 e. The van der Waals surface area contributed by atoms with Crippen molar-refractivity contribution in [3.05, 3.63) is 70.3 Å². The van der Waals surface area contributed by atoms with Crippen LogP contribution in [0.4, 0.5) is 0 Å². The van der Waals surface area contributed by atoms with E-state index in [2.05, 4.69) is 0 Å². The fraction of sp³-hybridized carbons (Fsp3) is 0.304. The fourth-order valence-electron chi connectivity index (χ4n) is 3.62. The number of benzene rings is 2. The van der Waals surface area contributed by atoms with Crippen molar-refractivity contribution in [1.29, 1.82) is 0 Å². The Kier molecular flexibility index (Phi) is 6.80. The molecule has 0 radical (unpaired) electrons. The molecule has 0 aromatic heterocycles. The number of rotatable bonds is 7. The summed E-state index contributed by atoms with van der Waals surface area (Å²) >= 11 is 6.18. The first-order chi connectivity index (χ1) is 14.3. The molecular formula is C23H25ClN2O4. The Hall–Kier alpha value is -2.83. The van der Waals surface area contributed by atoms with Crippen molar-refractivity contribution < 1.29 is 19.4 Å². The van der Waals surface area contributed by atoms with Gasteiger partial charge < -0.3 is 19.6 Å². The molecule has 1 amide bonds. The number of ketones is 1. The molecule has 0 spiro atoms. The molecule has 1 heterocycles. The maximum atomic E-state index is 13.0. The van der Waals surface area contributed by atoms with E-state index in [4.69, 9.17) is 16.3 Å². The van der Waals surface area contributed by atoms with Crippen molar-refractivity contribution >= 4 is 29.1 Å². The van der Waals surface area contributed by atoms with Crippen LogP contribution in [-0.2, 0) is 9.59 Å². The van der Waals surface area contributed by atoms with E-state index in [1.165, 1.54) is 12.0 Å². The highest BCUT2D eigenvalue weighted by Gasteiger charge is 2.45. The molecule has 158 valence electrons. The molecule has 0 saturated carbocycles. The monoisotopic (exact) mass is 428 g/mol. The van der Waals surface area contributed by atoms with Gasteiger partial charge in [0.05, 0.1) is 18.7 Å². The third-order valence-corrected chi connectivity index (χ3v) is 5.29. The van der Waals surface area contributed by atoms with Crippen molar-refractivity contribution in [3.63, 3.8) is 0 Å². The molecule has 1 N–H and O–H groups in total. The van der Waals surface area contributed by atoms with E-state index in [-0.39, 0.29) is 11.3 Å². The quantitative estimate of drug-likeness (QED) is 0.413. The van der Waals surface area contributed by atoms with Gasteiger partial charge in [-0.2, -0.15) is 0 Å². The number of methoxy groups -OCH3 is 1. The number of likely N-dealkylation sites (tertiary alicyclic amines) is 1. The van der Waals surface area contributed by atoms with E-state index in [9.17, 15) is 14.7 Å². The van der Waals surface area contributed by atoms with Gasteiger partial charge in [0, 0.05) is 17.1 Å². The maximum Gasteiger partial charge on any atom is 0.295 e. The van der Waals surface area contributed by atoms with Crippen molar-refractivity contribution in [3.8, 4) is 5.75 Å². The number of halogens is 1. The minimum atomic E-state index is -0.711. The number of hydrogen-bond acceptors (Lipinski definition) is 5. The molecule has 7 heteroatoms. The highest BCUT2D eigenvalue weighted by molar-refractivity contribution is 6.46. The standard InChI is InChI=1S/C23H25ClN2O4/c1-25(2)11-6-12-26-20(15-7-4-9-17(24)13-15)19(22(28)23(26)29)21(27)16-8-5-10-18(14-16)30-3/h4-5,7-10,13-14,20,27H,6,11-12H2,1-3H3/t20-/m1/s1. The number of aliphatic hydroxyl groups is 1. The third kappa shape index (κ3) is 4.50. The van der Waals surface area contributed by atoms with Crippen LogP contribution in [-0.4, -0.2) is 60.9 Å². The lowest BCUT2D eigenvalue weighted by molar-refractivity contribution is -0.139. The predicted octanol–water partition coefficient (Wildman–Crippen LogP) is 3.72. The second-order valence-electron chi connectivity index (χ2n) is 7.44. The Morgan fingerprint density at radius 3 is 2.57 bits per heavy atom. The summed E-state index contributed by atoms with van der Waals surface area (Å²) in [6.45, 7) is 1.15. The molecule has 1 aliphatic heterocycles. The summed E-state index contributed by atoms with van der Waals surface area (Å²) in [5.74, 6) is -1.01. The van der Waals surface area contributed by atoms with Crippen molar-refractivity contribution in [2.75, 3.05) is 34.3 Å². The van der Waals surface area contributed by atoms with Gasteiger partial charge in [0.25, 0.3) is 11.7 Å². The van der Waals surface area contributed by atoms with Gasteiger partial charge in [-0.1, -0.05) is 35.9 Å². The normalized spacial score (nSPS) is 18.3. The van der Waals surface area contributed by atoms with Crippen molar-refractivity contribution in [2.24, 2.45) is 0 Å². The number of ether oxygens (including phenoxy) is 1. The fourth-order valence-corrected chi connectivity index (χ4v) is 3.82. The van der Waals surface area contributed by atoms with Gasteiger partial charge in [-0.05, 0) is 56.9 Å². The van der Waals surface area contributed by atoms with Crippen LogP contribution in [0.5, 0.6) is 5.75 Å². The van der Waals surface area contributed by atoms with Gasteiger partial charge in [0.15, 0.2) is 0 Å². The first kappa shape index (κ1) is 21.9. The van der Waals surface area contributed by atoms with Crippen LogP contribution in [0.3, 0.4) is 0 Å². The lowest BCUT2D eigenvalue weighted by Gasteiger charge is -2.26. The largest absolute Gasteiger partial charge is 0.507 e. The zero-order chi connectivity index (χ0) is 21.8. The number of aliphatic hydroxyl groups excluding tert-OH is 1. The smallest absolute Gasteiger partial charge is 0.295 e. The Morgan fingerprint density at radius 2 is 1.90 bits per heavy atom. The number of amides is 1. The summed E-state index contributed by atoms with van der Waals surface area (Å²) in [7, 11) is 5.42. The zero-order valence-corrected chi connectivity index (χ0v) is 18.0. The highest BCUT2D eigenvalue weighted by Crippen LogP contribution is 2.40. The SMILES string of the molecule is COc1cccc(C(O)=C2C(=O)C(=O)N(CCCN(C)C)[C@@H]2c2cccc(Cl)c2)c1. The summed E-state index contributed by atoms with van der Waals surface area (Å²) in [6.07, 6.45) is 0.691. The molecular weight excluding hydrogens is 404 g/mol. The van der Waals surface area contributed by atoms with Crippen molar-refractivity contribution in [2.45, 2.75) is 12.5 Å². The van der Waals surface area contributed by atoms with E-state index >= 15 is 0 Å². The molecule has 0 unspecified atom stereocenters. The van der Waals surface area contributed by atoms with Crippen LogP contribution in [0.15, 0.2) is 54.1 Å². The van der Waals surface area contributed by atoms with Gasteiger partial charge in [-0.25, -0.2) is 0 Å². The number of carbonyl (C=O) groups is 2. The molecule has 1 fully saturated rings. The molecule has 1 saturated heterocycles. The molecule has 0 aliphatic carbocycles. The topological polar surface area (TPSA) is 70.1 Å². The van der Waals surface area contributed by atoms with Crippen LogP contribution in [0, 0.1) is 0 Å². The first-order valence-electron chi connectivity index (χ1n) is 9.66. The lowest BCUT2D eigenvalue weighted by Crippen LogP contribution is -2.32. The Labute approximate surface area is 181 Å². The first-order valence-corrected chi connectivity index (χ1v) is 10.0. The Bertz CT molecular complexity index is 987. The van der Waals surface area contributed by atoms with E-state index in [1.807, 2.05) is 19.0 Å². The minimum absolute atomic E-state index is 0.0559. The highest BCUT2D eigenvalue weighted by atomic mass is 35.5.